The van der Waals surface area contributed by atoms with Crippen molar-refractivity contribution in [1.29, 1.82) is 0 Å². The van der Waals surface area contributed by atoms with Gasteiger partial charge in [0.2, 0.25) is 0 Å². The van der Waals surface area contributed by atoms with Crippen LogP contribution in [0.5, 0.6) is 0 Å². The van der Waals surface area contributed by atoms with Crippen LogP contribution in [0.1, 0.15) is 39.0 Å². The second kappa shape index (κ2) is 8.77. The standard InChI is InChI=1S/C14H28N2/c1-3-10-16(11-4-2)12-6-8-14-7-5-9-15-13-14/h3,14-15H,1,4-13H2,2H3. The summed E-state index contributed by atoms with van der Waals surface area (Å²) in [5.74, 6) is 0.931. The van der Waals surface area contributed by atoms with E-state index in [1.54, 1.807) is 0 Å². The van der Waals surface area contributed by atoms with Crippen molar-refractivity contribution in [2.45, 2.75) is 39.0 Å². The molecule has 1 N–H and O–H groups in total. The molecule has 94 valence electrons. The minimum Gasteiger partial charge on any atom is -0.316 e. The fourth-order valence-corrected chi connectivity index (χ4v) is 2.57. The van der Waals surface area contributed by atoms with Gasteiger partial charge in [-0.3, -0.25) is 4.90 Å². The Balaban J connectivity index is 2.08. The minimum absolute atomic E-state index is 0.931. The van der Waals surface area contributed by atoms with Crippen LogP contribution < -0.4 is 5.32 Å². The molecule has 1 heterocycles. The van der Waals surface area contributed by atoms with Gasteiger partial charge in [0.25, 0.3) is 0 Å². The highest BCUT2D eigenvalue weighted by Crippen LogP contribution is 2.16. The predicted molar refractivity (Wildman–Crippen MR) is 71.8 cm³/mol. The lowest BCUT2D eigenvalue weighted by Gasteiger charge is -2.24. The Bertz CT molecular complexity index is 174. The van der Waals surface area contributed by atoms with Gasteiger partial charge in [-0.25, -0.2) is 0 Å². The molecular weight excluding hydrogens is 196 g/mol. The molecule has 0 radical (unpaired) electrons. The number of hydrogen-bond acceptors (Lipinski definition) is 2. The van der Waals surface area contributed by atoms with E-state index in [-0.39, 0.29) is 0 Å². The summed E-state index contributed by atoms with van der Waals surface area (Å²) < 4.78 is 0. The van der Waals surface area contributed by atoms with Gasteiger partial charge in [-0.1, -0.05) is 13.0 Å². The first-order chi connectivity index (χ1) is 7.86. The van der Waals surface area contributed by atoms with E-state index < -0.39 is 0 Å². The average Bonchev–Trinajstić information content (AvgIpc) is 2.31. The van der Waals surface area contributed by atoms with Crippen LogP contribution in [0.2, 0.25) is 0 Å². The highest BCUT2D eigenvalue weighted by Gasteiger charge is 2.12. The summed E-state index contributed by atoms with van der Waals surface area (Å²) >= 11 is 0. The number of hydrogen-bond donors (Lipinski definition) is 1. The molecule has 0 bridgehead atoms. The van der Waals surface area contributed by atoms with Gasteiger partial charge < -0.3 is 5.32 Å². The van der Waals surface area contributed by atoms with E-state index in [0.717, 1.165) is 12.5 Å². The number of rotatable bonds is 8. The third kappa shape index (κ3) is 5.66. The maximum atomic E-state index is 3.83. The Hall–Kier alpha value is -0.340. The van der Waals surface area contributed by atoms with Crippen molar-refractivity contribution in [3.8, 4) is 0 Å². The summed E-state index contributed by atoms with van der Waals surface area (Å²) in [5, 5.41) is 3.49. The van der Waals surface area contributed by atoms with E-state index in [1.807, 2.05) is 6.08 Å². The van der Waals surface area contributed by atoms with Gasteiger partial charge in [0, 0.05) is 6.54 Å². The fraction of sp³-hybridized carbons (Fsp3) is 0.857. The van der Waals surface area contributed by atoms with Gasteiger partial charge in [0.1, 0.15) is 0 Å². The topological polar surface area (TPSA) is 15.3 Å². The van der Waals surface area contributed by atoms with E-state index in [9.17, 15) is 0 Å². The molecule has 0 aromatic carbocycles. The van der Waals surface area contributed by atoms with Gasteiger partial charge in [-0.05, 0) is 64.2 Å². The molecule has 1 fully saturated rings. The molecule has 0 aromatic heterocycles. The molecule has 0 aliphatic carbocycles. The molecule has 1 aliphatic rings. The Labute approximate surface area is 101 Å². The van der Waals surface area contributed by atoms with E-state index in [1.165, 1.54) is 58.3 Å². The van der Waals surface area contributed by atoms with Crippen molar-refractivity contribution >= 4 is 0 Å². The van der Waals surface area contributed by atoms with Gasteiger partial charge in [-0.15, -0.1) is 6.58 Å². The predicted octanol–water partition coefficient (Wildman–Crippen LogP) is 2.66. The first kappa shape index (κ1) is 13.7. The number of nitrogens with zero attached hydrogens (tertiary/aromatic N) is 1. The van der Waals surface area contributed by atoms with Crippen molar-refractivity contribution in [2.75, 3.05) is 32.7 Å². The molecule has 1 aliphatic heterocycles. The first-order valence-corrected chi connectivity index (χ1v) is 6.90. The molecule has 1 rings (SSSR count). The molecule has 0 spiro atoms. The average molecular weight is 224 g/mol. The molecule has 0 amide bonds. The van der Waals surface area contributed by atoms with E-state index in [0.29, 0.717) is 0 Å². The van der Waals surface area contributed by atoms with E-state index >= 15 is 0 Å². The van der Waals surface area contributed by atoms with Crippen LogP contribution in [0.25, 0.3) is 0 Å². The molecule has 1 unspecified atom stereocenters. The van der Waals surface area contributed by atoms with Crippen molar-refractivity contribution < 1.29 is 0 Å². The van der Waals surface area contributed by atoms with Crippen LogP contribution >= 0.6 is 0 Å². The Morgan fingerprint density at radius 3 is 2.94 bits per heavy atom. The molecule has 0 saturated carbocycles. The smallest absolute Gasteiger partial charge is 0.0160 e. The van der Waals surface area contributed by atoms with Crippen LogP contribution in [-0.2, 0) is 0 Å². The maximum Gasteiger partial charge on any atom is 0.0160 e. The minimum atomic E-state index is 0.931. The first-order valence-electron chi connectivity index (χ1n) is 6.90. The lowest BCUT2D eigenvalue weighted by molar-refractivity contribution is 0.273. The Morgan fingerprint density at radius 1 is 1.44 bits per heavy atom. The van der Waals surface area contributed by atoms with Crippen LogP contribution in [-0.4, -0.2) is 37.6 Å². The lowest BCUT2D eigenvalue weighted by atomic mass is 9.94. The maximum absolute atomic E-state index is 3.83. The molecule has 2 nitrogen and oxygen atoms in total. The van der Waals surface area contributed by atoms with Gasteiger partial charge in [0.15, 0.2) is 0 Å². The SMILES string of the molecule is C=CCN(CCC)CCCC1CCCNC1. The third-order valence-electron chi connectivity index (χ3n) is 3.41. The second-order valence-corrected chi connectivity index (χ2v) is 4.94. The highest BCUT2D eigenvalue weighted by atomic mass is 15.1. The van der Waals surface area contributed by atoms with E-state index in [4.69, 9.17) is 0 Å². The molecule has 1 atom stereocenters. The summed E-state index contributed by atoms with van der Waals surface area (Å²) in [7, 11) is 0. The largest absolute Gasteiger partial charge is 0.316 e. The number of piperidine rings is 1. The summed E-state index contributed by atoms with van der Waals surface area (Å²) in [6.07, 6.45) is 8.82. The van der Waals surface area contributed by atoms with Crippen LogP contribution in [0.3, 0.4) is 0 Å². The van der Waals surface area contributed by atoms with Crippen LogP contribution in [0.15, 0.2) is 12.7 Å². The lowest BCUT2D eigenvalue weighted by Crippen LogP contribution is -2.31. The Kier molecular flexibility index (Phi) is 7.52. The van der Waals surface area contributed by atoms with Crippen molar-refractivity contribution in [2.24, 2.45) is 5.92 Å². The Morgan fingerprint density at radius 2 is 2.31 bits per heavy atom. The zero-order valence-electron chi connectivity index (χ0n) is 10.9. The van der Waals surface area contributed by atoms with Crippen LogP contribution in [0.4, 0.5) is 0 Å². The van der Waals surface area contributed by atoms with E-state index in [2.05, 4.69) is 23.7 Å². The fourth-order valence-electron chi connectivity index (χ4n) is 2.57. The molecule has 1 saturated heterocycles. The molecule has 2 heteroatoms. The molecule has 16 heavy (non-hydrogen) atoms. The second-order valence-electron chi connectivity index (χ2n) is 4.94. The van der Waals surface area contributed by atoms with Gasteiger partial charge in [0.05, 0.1) is 0 Å². The zero-order chi connectivity index (χ0) is 11.6. The summed E-state index contributed by atoms with van der Waals surface area (Å²) in [4.78, 5) is 2.52. The molecule has 0 aromatic rings. The van der Waals surface area contributed by atoms with Crippen molar-refractivity contribution in [1.82, 2.24) is 10.2 Å². The van der Waals surface area contributed by atoms with Crippen molar-refractivity contribution in [3.63, 3.8) is 0 Å². The summed E-state index contributed by atoms with van der Waals surface area (Å²) in [6, 6.07) is 0. The third-order valence-corrected chi connectivity index (χ3v) is 3.41. The van der Waals surface area contributed by atoms with Crippen LogP contribution in [0, 0.1) is 5.92 Å². The number of nitrogens with one attached hydrogen (secondary N) is 1. The van der Waals surface area contributed by atoms with Gasteiger partial charge in [-0.2, -0.15) is 0 Å². The van der Waals surface area contributed by atoms with Gasteiger partial charge >= 0.3 is 0 Å². The normalized spacial score (nSPS) is 21.2. The van der Waals surface area contributed by atoms with Crippen molar-refractivity contribution in [3.05, 3.63) is 12.7 Å². The molecular formula is C14H28N2. The monoisotopic (exact) mass is 224 g/mol. The highest BCUT2D eigenvalue weighted by molar-refractivity contribution is 4.74. The zero-order valence-corrected chi connectivity index (χ0v) is 10.9. The quantitative estimate of drug-likeness (QED) is 0.638. The summed E-state index contributed by atoms with van der Waals surface area (Å²) in [6.45, 7) is 12.1. The summed E-state index contributed by atoms with van der Waals surface area (Å²) in [5.41, 5.74) is 0.